The molecule has 0 fully saturated rings. The van der Waals surface area contributed by atoms with Crippen LogP contribution in [0.2, 0.25) is 0 Å². The third-order valence-electron chi connectivity index (χ3n) is 3.33. The van der Waals surface area contributed by atoms with Gasteiger partial charge in [-0.1, -0.05) is 29.8 Å². The topological polar surface area (TPSA) is 63.6 Å². The standard InChI is InChI=1S/C14H12Cl3NO3S/c1-8-10(15)13(19)14(2,17)12(16)11(8)18-22(20,21)9-6-4-3-5-7-9/h3-7,12H,1-2H3. The Morgan fingerprint density at radius 3 is 2.32 bits per heavy atom. The molecule has 0 saturated carbocycles. The highest BCUT2D eigenvalue weighted by atomic mass is 35.5. The summed E-state index contributed by atoms with van der Waals surface area (Å²) in [5.74, 6) is -0.551. The van der Waals surface area contributed by atoms with Gasteiger partial charge in [0.2, 0.25) is 0 Å². The molecule has 2 atom stereocenters. The van der Waals surface area contributed by atoms with Crippen LogP contribution in [-0.4, -0.2) is 30.2 Å². The monoisotopic (exact) mass is 379 g/mol. The Hall–Kier alpha value is -0.880. The van der Waals surface area contributed by atoms with Crippen LogP contribution in [0.15, 0.2) is 50.2 Å². The molecule has 0 saturated heterocycles. The normalized spacial score (nSPS) is 28.3. The van der Waals surface area contributed by atoms with Gasteiger partial charge in [-0.2, -0.15) is 12.8 Å². The van der Waals surface area contributed by atoms with Crippen molar-refractivity contribution in [2.24, 2.45) is 4.40 Å². The summed E-state index contributed by atoms with van der Waals surface area (Å²) in [6.45, 7) is 2.87. The van der Waals surface area contributed by atoms with Gasteiger partial charge in [0.05, 0.1) is 15.6 Å². The molecule has 22 heavy (non-hydrogen) atoms. The molecular formula is C14H12Cl3NO3S. The van der Waals surface area contributed by atoms with Crippen molar-refractivity contribution in [3.8, 4) is 0 Å². The van der Waals surface area contributed by atoms with Crippen molar-refractivity contribution in [1.29, 1.82) is 0 Å². The van der Waals surface area contributed by atoms with E-state index in [0.29, 0.717) is 0 Å². The zero-order valence-electron chi connectivity index (χ0n) is 11.7. The van der Waals surface area contributed by atoms with Crippen LogP contribution in [0, 0.1) is 0 Å². The van der Waals surface area contributed by atoms with Gasteiger partial charge >= 0.3 is 0 Å². The number of rotatable bonds is 2. The molecule has 0 heterocycles. The smallest absolute Gasteiger partial charge is 0.282 e. The lowest BCUT2D eigenvalue weighted by atomic mass is 9.87. The first-order valence-electron chi connectivity index (χ1n) is 6.23. The fourth-order valence-corrected chi connectivity index (χ4v) is 3.97. The molecule has 0 spiro atoms. The van der Waals surface area contributed by atoms with E-state index in [2.05, 4.69) is 4.40 Å². The number of benzene rings is 1. The van der Waals surface area contributed by atoms with Crippen LogP contribution in [0.5, 0.6) is 0 Å². The van der Waals surface area contributed by atoms with Gasteiger partial charge in [0.15, 0.2) is 5.78 Å². The number of hydrogen-bond donors (Lipinski definition) is 0. The molecule has 0 aliphatic heterocycles. The van der Waals surface area contributed by atoms with E-state index in [4.69, 9.17) is 34.8 Å². The van der Waals surface area contributed by atoms with Gasteiger partial charge in [0.25, 0.3) is 10.0 Å². The quantitative estimate of drug-likeness (QED) is 0.737. The highest BCUT2D eigenvalue weighted by molar-refractivity contribution is 7.90. The Labute approximate surface area is 143 Å². The summed E-state index contributed by atoms with van der Waals surface area (Å²) in [5.41, 5.74) is 0.192. The number of hydrogen-bond acceptors (Lipinski definition) is 3. The molecule has 1 aliphatic rings. The Morgan fingerprint density at radius 1 is 1.23 bits per heavy atom. The summed E-state index contributed by atoms with van der Waals surface area (Å²) in [6.07, 6.45) is 0. The zero-order valence-corrected chi connectivity index (χ0v) is 14.8. The highest BCUT2D eigenvalue weighted by Gasteiger charge is 2.48. The Balaban J connectivity index is 2.63. The van der Waals surface area contributed by atoms with E-state index in [1.165, 1.54) is 26.0 Å². The number of carbonyl (C=O) groups excluding carboxylic acids is 1. The average Bonchev–Trinajstić information content (AvgIpc) is 2.49. The third kappa shape index (κ3) is 2.95. The number of ketones is 1. The lowest BCUT2D eigenvalue weighted by molar-refractivity contribution is -0.117. The lowest BCUT2D eigenvalue weighted by Gasteiger charge is -2.32. The van der Waals surface area contributed by atoms with E-state index in [1.807, 2.05) is 0 Å². The van der Waals surface area contributed by atoms with Crippen molar-refractivity contribution in [3.05, 3.63) is 40.9 Å². The number of Topliss-reactive ketones (excluding diaryl/α,β-unsaturated/α-hetero) is 1. The summed E-state index contributed by atoms with van der Waals surface area (Å²) in [7, 11) is -3.98. The minimum Gasteiger partial charge on any atom is -0.291 e. The van der Waals surface area contributed by atoms with Gasteiger partial charge in [-0.25, -0.2) is 0 Å². The Kier molecular flexibility index (Phi) is 4.74. The van der Waals surface area contributed by atoms with E-state index in [9.17, 15) is 13.2 Å². The van der Waals surface area contributed by atoms with Crippen LogP contribution in [0.4, 0.5) is 0 Å². The first-order valence-corrected chi connectivity index (χ1v) is 8.86. The molecule has 1 aromatic carbocycles. The van der Waals surface area contributed by atoms with Crippen LogP contribution >= 0.6 is 34.8 Å². The van der Waals surface area contributed by atoms with Gasteiger partial charge < -0.3 is 0 Å². The van der Waals surface area contributed by atoms with Gasteiger partial charge in [-0.05, 0) is 31.6 Å². The molecule has 0 amide bonds. The van der Waals surface area contributed by atoms with E-state index >= 15 is 0 Å². The Morgan fingerprint density at radius 2 is 1.77 bits per heavy atom. The molecule has 4 nitrogen and oxygen atoms in total. The van der Waals surface area contributed by atoms with E-state index < -0.39 is 26.1 Å². The summed E-state index contributed by atoms with van der Waals surface area (Å²) >= 11 is 18.3. The molecule has 8 heteroatoms. The molecule has 0 aromatic heterocycles. The van der Waals surface area contributed by atoms with Crippen molar-refractivity contribution in [3.63, 3.8) is 0 Å². The molecule has 0 radical (unpaired) electrons. The Bertz CT molecular complexity index is 783. The number of nitrogens with zero attached hydrogens (tertiary/aromatic N) is 1. The van der Waals surface area contributed by atoms with Crippen LogP contribution in [0.25, 0.3) is 0 Å². The fourth-order valence-electron chi connectivity index (χ4n) is 1.95. The summed E-state index contributed by atoms with van der Waals surface area (Å²) in [5, 5.41) is -1.26. The van der Waals surface area contributed by atoms with Gasteiger partial charge in [-0.3, -0.25) is 4.79 Å². The molecule has 1 aliphatic carbocycles. The predicted octanol–water partition coefficient (Wildman–Crippen LogP) is 3.52. The second kappa shape index (κ2) is 5.96. The van der Waals surface area contributed by atoms with E-state index in [0.717, 1.165) is 0 Å². The van der Waals surface area contributed by atoms with Crippen molar-refractivity contribution < 1.29 is 13.2 Å². The molecule has 2 rings (SSSR count). The minimum absolute atomic E-state index is 0.0171. The SMILES string of the molecule is CC1=C(Cl)C(=O)C(C)(Cl)C(Cl)C1=NS(=O)(=O)c1ccccc1. The zero-order chi connectivity index (χ0) is 16.7. The first-order chi connectivity index (χ1) is 10.1. The molecular weight excluding hydrogens is 369 g/mol. The average molecular weight is 381 g/mol. The van der Waals surface area contributed by atoms with Crippen molar-refractivity contribution in [2.45, 2.75) is 29.0 Å². The number of allylic oxidation sites excluding steroid dienone is 2. The van der Waals surface area contributed by atoms with Crippen molar-refractivity contribution in [1.82, 2.24) is 0 Å². The first kappa shape index (κ1) is 17.5. The fraction of sp³-hybridized carbons (Fsp3) is 0.286. The lowest BCUT2D eigenvalue weighted by Crippen LogP contribution is -2.48. The van der Waals surface area contributed by atoms with Gasteiger partial charge in [-0.15, -0.1) is 23.2 Å². The molecule has 2 unspecified atom stereocenters. The van der Waals surface area contributed by atoms with Crippen LogP contribution in [-0.2, 0) is 14.8 Å². The van der Waals surface area contributed by atoms with Crippen molar-refractivity contribution in [2.75, 3.05) is 0 Å². The van der Waals surface area contributed by atoms with Crippen LogP contribution in [0.3, 0.4) is 0 Å². The summed E-state index contributed by atoms with van der Waals surface area (Å²) < 4.78 is 28.5. The number of sulfonamides is 1. The number of carbonyl (C=O) groups is 1. The maximum atomic E-state index is 12.4. The van der Waals surface area contributed by atoms with Gasteiger partial charge in [0.1, 0.15) is 10.3 Å². The highest BCUT2D eigenvalue weighted by Crippen LogP contribution is 2.38. The molecule has 0 N–H and O–H groups in total. The molecule has 1 aromatic rings. The summed E-state index contributed by atoms with van der Waals surface area (Å²) in [4.78, 5) is 10.5. The predicted molar refractivity (Wildman–Crippen MR) is 88.5 cm³/mol. The van der Waals surface area contributed by atoms with Crippen molar-refractivity contribution >= 4 is 56.3 Å². The third-order valence-corrected chi connectivity index (χ3v) is 6.24. The van der Waals surface area contributed by atoms with Crippen LogP contribution in [0.1, 0.15) is 13.8 Å². The minimum atomic E-state index is -3.98. The van der Waals surface area contributed by atoms with Gasteiger partial charge in [0, 0.05) is 0 Å². The number of halogens is 3. The molecule has 118 valence electrons. The summed E-state index contributed by atoms with van der Waals surface area (Å²) in [6, 6.07) is 7.68. The maximum absolute atomic E-state index is 12.4. The largest absolute Gasteiger partial charge is 0.291 e. The second-order valence-electron chi connectivity index (χ2n) is 4.97. The van der Waals surface area contributed by atoms with E-state index in [1.54, 1.807) is 18.2 Å². The van der Waals surface area contributed by atoms with Crippen LogP contribution < -0.4 is 0 Å². The van der Waals surface area contributed by atoms with E-state index in [-0.39, 0.29) is 21.2 Å². The maximum Gasteiger partial charge on any atom is 0.282 e. The molecule has 0 bridgehead atoms. The second-order valence-corrected chi connectivity index (χ2v) is 8.17. The number of alkyl halides is 2.